The number of aromatic hydroxyl groups is 1. The third kappa shape index (κ3) is 4.97. The van der Waals surface area contributed by atoms with E-state index >= 15 is 0 Å². The molecule has 2 amide bonds. The van der Waals surface area contributed by atoms with Crippen molar-refractivity contribution in [2.45, 2.75) is 20.0 Å². The molecule has 0 fully saturated rings. The topological polar surface area (TPSA) is 170 Å². The molecular weight excluding hydrogens is 495 g/mol. The van der Waals surface area contributed by atoms with Gasteiger partial charge in [-0.3, -0.25) is 14.6 Å². The van der Waals surface area contributed by atoms with Crippen molar-refractivity contribution in [3.8, 4) is 17.1 Å². The molecule has 192 valence electrons. The van der Waals surface area contributed by atoms with Crippen molar-refractivity contribution in [2.75, 3.05) is 0 Å². The zero-order valence-corrected chi connectivity index (χ0v) is 19.9. The average molecular weight is 516 g/mol. The molecular formula is C25H21FN8O4. The fourth-order valence-corrected chi connectivity index (χ4v) is 3.83. The number of halogens is 1. The molecule has 5 aromatic rings. The molecule has 0 bridgehead atoms. The summed E-state index contributed by atoms with van der Waals surface area (Å²) in [6, 6.07) is 12.7. The number of amides is 2. The molecule has 0 aliphatic carbocycles. The van der Waals surface area contributed by atoms with Crippen molar-refractivity contribution in [2.24, 2.45) is 0 Å². The zero-order valence-electron chi connectivity index (χ0n) is 19.9. The third-order valence-electron chi connectivity index (χ3n) is 5.80. The van der Waals surface area contributed by atoms with Crippen LogP contribution in [0.1, 0.15) is 37.7 Å². The summed E-state index contributed by atoms with van der Waals surface area (Å²) < 4.78 is 14.7. The van der Waals surface area contributed by atoms with Gasteiger partial charge in [-0.2, -0.15) is 14.6 Å². The molecule has 0 saturated heterocycles. The molecule has 0 unspecified atom stereocenters. The number of rotatable bonds is 7. The molecule has 5 rings (SSSR count). The van der Waals surface area contributed by atoms with Crippen molar-refractivity contribution in [1.29, 1.82) is 0 Å². The van der Waals surface area contributed by atoms with Crippen LogP contribution in [0, 0.1) is 12.7 Å². The van der Waals surface area contributed by atoms with E-state index in [0.717, 1.165) is 5.56 Å². The van der Waals surface area contributed by atoms with Crippen LogP contribution in [0.5, 0.6) is 5.88 Å². The van der Waals surface area contributed by atoms with Gasteiger partial charge < -0.3 is 20.7 Å². The van der Waals surface area contributed by atoms with Crippen LogP contribution >= 0.6 is 0 Å². The molecule has 3 aromatic heterocycles. The highest BCUT2D eigenvalue weighted by molar-refractivity contribution is 5.98. The summed E-state index contributed by atoms with van der Waals surface area (Å²) in [4.78, 5) is 50.1. The maximum Gasteiger partial charge on any atom is 0.326 e. The molecule has 0 saturated carbocycles. The van der Waals surface area contributed by atoms with Gasteiger partial charge in [0.2, 0.25) is 5.88 Å². The summed E-state index contributed by atoms with van der Waals surface area (Å²) in [5, 5.41) is 19.3. The quantitative estimate of drug-likeness (QED) is 0.220. The molecule has 0 radical (unpaired) electrons. The Bertz CT molecular complexity index is 1720. The first-order valence-electron chi connectivity index (χ1n) is 11.4. The highest BCUT2D eigenvalue weighted by Gasteiger charge is 2.18. The summed E-state index contributed by atoms with van der Waals surface area (Å²) in [6.45, 7) is 1.93. The Kier molecular flexibility index (Phi) is 6.39. The Morgan fingerprint density at radius 1 is 1.00 bits per heavy atom. The van der Waals surface area contributed by atoms with Gasteiger partial charge in [-0.15, -0.1) is 0 Å². The van der Waals surface area contributed by atoms with Gasteiger partial charge in [0.05, 0.1) is 0 Å². The molecule has 0 spiro atoms. The number of H-pyrrole nitrogens is 2. The second-order valence-corrected chi connectivity index (χ2v) is 8.45. The summed E-state index contributed by atoms with van der Waals surface area (Å²) in [5.41, 5.74) is 2.27. The zero-order chi connectivity index (χ0) is 26.8. The van der Waals surface area contributed by atoms with E-state index < -0.39 is 17.5 Å². The van der Waals surface area contributed by atoms with Crippen molar-refractivity contribution in [1.82, 2.24) is 40.2 Å². The third-order valence-corrected chi connectivity index (χ3v) is 5.80. The molecule has 5 N–H and O–H groups in total. The molecule has 38 heavy (non-hydrogen) atoms. The number of imidazole rings is 1. The fraction of sp³-hybridized carbons (Fsp3) is 0.120. The number of benzene rings is 2. The van der Waals surface area contributed by atoms with E-state index in [4.69, 9.17) is 0 Å². The highest BCUT2D eigenvalue weighted by atomic mass is 19.1. The predicted molar refractivity (Wildman–Crippen MR) is 133 cm³/mol. The minimum Gasteiger partial charge on any atom is -0.493 e. The lowest BCUT2D eigenvalue weighted by Crippen LogP contribution is -2.28. The number of aryl methyl sites for hydroxylation is 1. The van der Waals surface area contributed by atoms with Crippen LogP contribution in [0.3, 0.4) is 0 Å². The number of hydrogen-bond donors (Lipinski definition) is 5. The monoisotopic (exact) mass is 516 g/mol. The SMILES string of the molecule is Cc1cc(CNC(=O)c2cc(C(=O)NCc3ccc(-c4[nH]c(=O)[nH]c4O)cc3)n3ncnc3n2)ccc1F. The van der Waals surface area contributed by atoms with Gasteiger partial charge >= 0.3 is 5.69 Å². The molecule has 12 nitrogen and oxygen atoms in total. The smallest absolute Gasteiger partial charge is 0.326 e. The van der Waals surface area contributed by atoms with Crippen LogP contribution in [0.2, 0.25) is 0 Å². The Hall–Kier alpha value is -5.33. The number of fused-ring (bicyclic) bond motifs is 1. The minimum atomic E-state index is -0.534. The number of nitrogens with one attached hydrogen (secondary N) is 4. The van der Waals surface area contributed by atoms with Crippen molar-refractivity contribution >= 4 is 17.6 Å². The van der Waals surface area contributed by atoms with Gasteiger partial charge in [0.25, 0.3) is 17.6 Å². The number of aromatic nitrogens is 6. The van der Waals surface area contributed by atoms with Gasteiger partial charge in [0.1, 0.15) is 29.2 Å². The van der Waals surface area contributed by atoms with Crippen LogP contribution < -0.4 is 16.3 Å². The maximum absolute atomic E-state index is 13.5. The average Bonchev–Trinajstić information content (AvgIpc) is 3.52. The first-order chi connectivity index (χ1) is 18.3. The first kappa shape index (κ1) is 24.4. The Labute approximate surface area is 213 Å². The minimum absolute atomic E-state index is 0.0286. The van der Waals surface area contributed by atoms with Crippen LogP contribution in [0.15, 0.2) is 59.7 Å². The van der Waals surface area contributed by atoms with Crippen molar-refractivity contribution in [3.05, 3.63) is 99.2 Å². The molecule has 0 aliphatic heterocycles. The van der Waals surface area contributed by atoms with E-state index in [9.17, 15) is 23.9 Å². The molecule has 0 aliphatic rings. The lowest BCUT2D eigenvalue weighted by atomic mass is 10.1. The van der Waals surface area contributed by atoms with Gasteiger partial charge in [-0.05, 0) is 29.7 Å². The number of nitrogens with zero attached hydrogens (tertiary/aromatic N) is 4. The Morgan fingerprint density at radius 3 is 2.42 bits per heavy atom. The van der Waals surface area contributed by atoms with E-state index in [0.29, 0.717) is 16.7 Å². The summed E-state index contributed by atoms with van der Waals surface area (Å²) >= 11 is 0. The van der Waals surface area contributed by atoms with E-state index in [1.807, 2.05) is 0 Å². The van der Waals surface area contributed by atoms with E-state index in [1.54, 1.807) is 43.3 Å². The Morgan fingerprint density at radius 2 is 1.71 bits per heavy atom. The highest BCUT2D eigenvalue weighted by Crippen LogP contribution is 2.23. The van der Waals surface area contributed by atoms with E-state index in [1.165, 1.54) is 23.0 Å². The van der Waals surface area contributed by atoms with E-state index in [-0.39, 0.29) is 47.6 Å². The number of hydrogen-bond acceptors (Lipinski definition) is 7. The normalized spacial score (nSPS) is 11.0. The molecule has 3 heterocycles. The van der Waals surface area contributed by atoms with Gasteiger partial charge in [-0.1, -0.05) is 36.4 Å². The van der Waals surface area contributed by atoms with Gasteiger partial charge in [0.15, 0.2) is 0 Å². The van der Waals surface area contributed by atoms with Gasteiger partial charge in [-0.25, -0.2) is 14.2 Å². The lowest BCUT2D eigenvalue weighted by Gasteiger charge is -2.10. The summed E-state index contributed by atoms with van der Waals surface area (Å²) in [5.74, 6) is -1.57. The molecule has 2 aromatic carbocycles. The number of carbonyl (C=O) groups is 2. The lowest BCUT2D eigenvalue weighted by molar-refractivity contribution is 0.0942. The fourth-order valence-electron chi connectivity index (χ4n) is 3.83. The predicted octanol–water partition coefficient (Wildman–Crippen LogP) is 1.82. The first-order valence-corrected chi connectivity index (χ1v) is 11.4. The number of aromatic amines is 2. The second kappa shape index (κ2) is 9.97. The summed E-state index contributed by atoms with van der Waals surface area (Å²) in [6.07, 6.45) is 1.22. The van der Waals surface area contributed by atoms with Crippen LogP contribution in [-0.4, -0.2) is 46.5 Å². The number of carbonyl (C=O) groups excluding carboxylic acids is 2. The molecule has 0 atom stereocenters. The van der Waals surface area contributed by atoms with E-state index in [2.05, 4.69) is 35.7 Å². The van der Waals surface area contributed by atoms with Crippen molar-refractivity contribution < 1.29 is 19.1 Å². The van der Waals surface area contributed by atoms with Gasteiger partial charge in [0, 0.05) is 24.7 Å². The van der Waals surface area contributed by atoms with Crippen LogP contribution in [0.4, 0.5) is 4.39 Å². The van der Waals surface area contributed by atoms with Crippen LogP contribution in [-0.2, 0) is 13.1 Å². The second-order valence-electron chi connectivity index (χ2n) is 8.45. The maximum atomic E-state index is 13.5. The van der Waals surface area contributed by atoms with Crippen molar-refractivity contribution in [3.63, 3.8) is 0 Å². The Balaban J connectivity index is 1.29. The molecule has 13 heteroatoms. The standard InChI is InChI=1S/C25H21FN8O4/c1-13-8-15(4-7-17(13)26)11-27-21(35)18-9-19(34-24(31-18)29-12-30-34)22(36)28-10-14-2-5-16(6-3-14)20-23(37)33-25(38)32-20/h2-9,12,37H,10-11H2,1H3,(H,27,35)(H,28,36)(H2,32,33,38). The largest absolute Gasteiger partial charge is 0.493 e. The van der Waals surface area contributed by atoms with Crippen LogP contribution in [0.25, 0.3) is 17.0 Å². The summed E-state index contributed by atoms with van der Waals surface area (Å²) in [7, 11) is 0.